The van der Waals surface area contributed by atoms with E-state index in [-0.39, 0.29) is 11.7 Å². The van der Waals surface area contributed by atoms with Crippen LogP contribution in [0.15, 0.2) is 18.2 Å². The first kappa shape index (κ1) is 17.5. The van der Waals surface area contributed by atoms with Gasteiger partial charge in [-0.05, 0) is 30.9 Å². The minimum atomic E-state index is -0.378. The van der Waals surface area contributed by atoms with Crippen LogP contribution in [0.2, 0.25) is 0 Å². The van der Waals surface area contributed by atoms with Crippen LogP contribution in [0.25, 0.3) is 0 Å². The normalized spacial score (nSPS) is 11.0. The van der Waals surface area contributed by atoms with Crippen molar-refractivity contribution < 1.29 is 9.18 Å². The highest BCUT2D eigenvalue weighted by molar-refractivity contribution is 5.99. The lowest BCUT2D eigenvalue weighted by Crippen LogP contribution is -2.37. The summed E-state index contributed by atoms with van der Waals surface area (Å²) >= 11 is 0. The Balaban J connectivity index is 3.10. The lowest BCUT2D eigenvalue weighted by atomic mass is 10.1. The first-order chi connectivity index (χ1) is 9.86. The lowest BCUT2D eigenvalue weighted by molar-refractivity contribution is 0.0715. The van der Waals surface area contributed by atoms with Gasteiger partial charge in [-0.25, -0.2) is 4.39 Å². The Bertz CT molecular complexity index is 462. The van der Waals surface area contributed by atoms with E-state index in [1.54, 1.807) is 12.1 Å². The second-order valence-electron chi connectivity index (χ2n) is 6.19. The number of carbonyl (C=O) groups excluding carboxylic acids is 1. The summed E-state index contributed by atoms with van der Waals surface area (Å²) in [6.45, 7) is 12.2. The molecule has 0 saturated carbocycles. The van der Waals surface area contributed by atoms with Crippen molar-refractivity contribution in [3.8, 4) is 0 Å². The van der Waals surface area contributed by atoms with Gasteiger partial charge in [0, 0.05) is 19.6 Å². The van der Waals surface area contributed by atoms with Gasteiger partial charge in [-0.1, -0.05) is 33.8 Å². The van der Waals surface area contributed by atoms with Crippen molar-refractivity contribution in [2.75, 3.05) is 25.0 Å². The second-order valence-corrected chi connectivity index (χ2v) is 6.19. The number of nitrogens with one attached hydrogen (secondary N) is 1. The number of hydrogen-bond donors (Lipinski definition) is 1. The average molecular weight is 294 g/mol. The Hall–Kier alpha value is -1.58. The summed E-state index contributed by atoms with van der Waals surface area (Å²) in [5.74, 6) is 0.275. The van der Waals surface area contributed by atoms with Gasteiger partial charge in [0.25, 0.3) is 5.91 Å². The van der Waals surface area contributed by atoms with E-state index in [0.29, 0.717) is 42.7 Å². The van der Waals surface area contributed by atoms with E-state index < -0.39 is 0 Å². The SMILES string of the molecule is CCNc1c(F)cccc1C(=O)N(CC(C)C)CC(C)C. The lowest BCUT2D eigenvalue weighted by Gasteiger charge is -2.27. The average Bonchev–Trinajstić information content (AvgIpc) is 2.38. The first-order valence-corrected chi connectivity index (χ1v) is 7.68. The molecule has 0 saturated heterocycles. The fourth-order valence-electron chi connectivity index (χ4n) is 2.35. The van der Waals surface area contributed by atoms with Gasteiger partial charge in [0.05, 0.1) is 11.3 Å². The molecule has 4 heteroatoms. The van der Waals surface area contributed by atoms with Gasteiger partial charge in [-0.2, -0.15) is 0 Å². The van der Waals surface area contributed by atoms with Crippen LogP contribution in [-0.4, -0.2) is 30.4 Å². The van der Waals surface area contributed by atoms with E-state index in [9.17, 15) is 9.18 Å². The number of para-hydroxylation sites is 1. The predicted octanol–water partition coefficient (Wildman–Crippen LogP) is 4.01. The second kappa shape index (κ2) is 8.01. The maximum Gasteiger partial charge on any atom is 0.256 e. The van der Waals surface area contributed by atoms with Crippen LogP contribution in [0.1, 0.15) is 45.0 Å². The minimum Gasteiger partial charge on any atom is -0.382 e. The van der Waals surface area contributed by atoms with Gasteiger partial charge < -0.3 is 10.2 Å². The highest BCUT2D eigenvalue weighted by Crippen LogP contribution is 2.22. The fraction of sp³-hybridized carbons (Fsp3) is 0.588. The molecule has 1 N–H and O–H groups in total. The molecular formula is C17H27FN2O. The van der Waals surface area contributed by atoms with Gasteiger partial charge in [-0.15, -0.1) is 0 Å². The van der Waals surface area contributed by atoms with Gasteiger partial charge in [-0.3, -0.25) is 4.79 Å². The summed E-state index contributed by atoms with van der Waals surface area (Å²) in [7, 11) is 0. The van der Waals surface area contributed by atoms with Gasteiger partial charge in [0.1, 0.15) is 5.82 Å². The van der Waals surface area contributed by atoms with E-state index >= 15 is 0 Å². The van der Waals surface area contributed by atoms with Crippen molar-refractivity contribution in [2.45, 2.75) is 34.6 Å². The van der Waals surface area contributed by atoms with Crippen LogP contribution < -0.4 is 5.32 Å². The molecule has 0 atom stereocenters. The standard InChI is InChI=1S/C17H27FN2O/c1-6-19-16-14(8-7-9-15(16)18)17(21)20(10-12(2)3)11-13(4)5/h7-9,12-13,19H,6,10-11H2,1-5H3. The summed E-state index contributed by atoms with van der Waals surface area (Å²) in [6, 6.07) is 4.66. The summed E-state index contributed by atoms with van der Waals surface area (Å²) < 4.78 is 14.0. The number of carbonyl (C=O) groups is 1. The third kappa shape index (κ3) is 5.03. The number of amides is 1. The third-order valence-corrected chi connectivity index (χ3v) is 3.06. The molecule has 0 aliphatic carbocycles. The van der Waals surface area contributed by atoms with E-state index in [1.165, 1.54) is 6.07 Å². The van der Waals surface area contributed by atoms with Crippen molar-refractivity contribution in [3.63, 3.8) is 0 Å². The molecule has 0 fully saturated rings. The molecule has 1 rings (SSSR count). The highest BCUT2D eigenvalue weighted by Gasteiger charge is 2.22. The van der Waals surface area contributed by atoms with E-state index in [0.717, 1.165) is 0 Å². The maximum absolute atomic E-state index is 14.0. The predicted molar refractivity (Wildman–Crippen MR) is 86.1 cm³/mol. The zero-order valence-electron chi connectivity index (χ0n) is 13.7. The van der Waals surface area contributed by atoms with Crippen molar-refractivity contribution in [1.82, 2.24) is 4.90 Å². The number of halogens is 1. The topological polar surface area (TPSA) is 32.3 Å². The molecule has 1 amide bonds. The number of rotatable bonds is 7. The van der Waals surface area contributed by atoms with Crippen molar-refractivity contribution in [3.05, 3.63) is 29.6 Å². The fourth-order valence-corrected chi connectivity index (χ4v) is 2.35. The largest absolute Gasteiger partial charge is 0.382 e. The smallest absolute Gasteiger partial charge is 0.256 e. The Morgan fingerprint density at radius 2 is 1.76 bits per heavy atom. The summed E-state index contributed by atoms with van der Waals surface area (Å²) in [6.07, 6.45) is 0. The number of benzene rings is 1. The molecule has 0 aromatic heterocycles. The van der Waals surface area contributed by atoms with Crippen molar-refractivity contribution >= 4 is 11.6 Å². The van der Waals surface area contributed by atoms with Gasteiger partial charge in [0.2, 0.25) is 0 Å². The summed E-state index contributed by atoms with van der Waals surface area (Å²) in [5, 5.41) is 2.96. The number of nitrogens with zero attached hydrogens (tertiary/aromatic N) is 1. The molecule has 0 aliphatic heterocycles. The molecule has 21 heavy (non-hydrogen) atoms. The molecule has 3 nitrogen and oxygen atoms in total. The number of anilines is 1. The Labute approximate surface area is 127 Å². The molecule has 1 aromatic rings. The molecule has 1 aromatic carbocycles. The van der Waals surface area contributed by atoms with Crippen LogP contribution >= 0.6 is 0 Å². The van der Waals surface area contributed by atoms with E-state index in [1.807, 2.05) is 11.8 Å². The maximum atomic E-state index is 14.0. The van der Waals surface area contributed by atoms with E-state index in [2.05, 4.69) is 33.0 Å². The minimum absolute atomic E-state index is 0.104. The molecule has 118 valence electrons. The van der Waals surface area contributed by atoms with Gasteiger partial charge in [0.15, 0.2) is 0 Å². The summed E-state index contributed by atoms with van der Waals surface area (Å²) in [5.41, 5.74) is 0.723. The molecule has 0 heterocycles. The Morgan fingerprint density at radius 1 is 1.19 bits per heavy atom. The third-order valence-electron chi connectivity index (χ3n) is 3.06. The van der Waals surface area contributed by atoms with Crippen LogP contribution in [0.4, 0.5) is 10.1 Å². The monoisotopic (exact) mass is 294 g/mol. The molecule has 0 bridgehead atoms. The molecular weight excluding hydrogens is 267 g/mol. The van der Waals surface area contributed by atoms with Crippen LogP contribution in [-0.2, 0) is 0 Å². The number of hydrogen-bond acceptors (Lipinski definition) is 2. The highest BCUT2D eigenvalue weighted by atomic mass is 19.1. The molecule has 0 aliphatic rings. The van der Waals surface area contributed by atoms with Crippen LogP contribution in [0.5, 0.6) is 0 Å². The molecule has 0 unspecified atom stereocenters. The molecule has 0 radical (unpaired) electrons. The van der Waals surface area contributed by atoms with Crippen LogP contribution in [0, 0.1) is 17.7 Å². The quantitative estimate of drug-likeness (QED) is 0.824. The van der Waals surface area contributed by atoms with Gasteiger partial charge >= 0.3 is 0 Å². The molecule has 0 spiro atoms. The Morgan fingerprint density at radius 3 is 2.24 bits per heavy atom. The Kier molecular flexibility index (Phi) is 6.66. The zero-order chi connectivity index (χ0) is 16.0. The summed E-state index contributed by atoms with van der Waals surface area (Å²) in [4.78, 5) is 14.6. The first-order valence-electron chi connectivity index (χ1n) is 7.68. The van der Waals surface area contributed by atoms with Crippen molar-refractivity contribution in [2.24, 2.45) is 11.8 Å². The van der Waals surface area contributed by atoms with Crippen LogP contribution in [0.3, 0.4) is 0 Å². The van der Waals surface area contributed by atoms with Crippen molar-refractivity contribution in [1.29, 1.82) is 0 Å². The zero-order valence-corrected chi connectivity index (χ0v) is 13.7. The van der Waals surface area contributed by atoms with E-state index in [4.69, 9.17) is 0 Å².